The summed E-state index contributed by atoms with van der Waals surface area (Å²) in [6.07, 6.45) is 2.98. The summed E-state index contributed by atoms with van der Waals surface area (Å²) in [5.41, 5.74) is 1.26. The van der Waals surface area contributed by atoms with Crippen LogP contribution in [0.1, 0.15) is 37.8 Å². The van der Waals surface area contributed by atoms with E-state index in [1.807, 2.05) is 6.07 Å². The van der Waals surface area contributed by atoms with Gasteiger partial charge in [0.25, 0.3) is 0 Å². The van der Waals surface area contributed by atoms with Crippen LogP contribution in [0.5, 0.6) is 0 Å². The molecule has 90 valence electrons. The van der Waals surface area contributed by atoms with Crippen LogP contribution in [0.2, 0.25) is 4.34 Å². The summed E-state index contributed by atoms with van der Waals surface area (Å²) in [7, 11) is 0. The van der Waals surface area contributed by atoms with Crippen molar-refractivity contribution in [3.05, 3.63) is 21.3 Å². The predicted molar refractivity (Wildman–Crippen MR) is 69.1 cm³/mol. The molecule has 1 heterocycles. The molecule has 0 radical (unpaired) electrons. The highest BCUT2D eigenvalue weighted by Gasteiger charge is 2.22. The summed E-state index contributed by atoms with van der Waals surface area (Å²) in [6, 6.07) is 2.37. The zero-order valence-corrected chi connectivity index (χ0v) is 11.0. The maximum absolute atomic E-state index is 9.44. The van der Waals surface area contributed by atoms with Crippen LogP contribution >= 0.6 is 22.9 Å². The molecule has 1 aliphatic rings. The van der Waals surface area contributed by atoms with Crippen molar-refractivity contribution in [3.8, 4) is 0 Å². The van der Waals surface area contributed by atoms with E-state index in [4.69, 9.17) is 11.6 Å². The van der Waals surface area contributed by atoms with Crippen LogP contribution in [0.25, 0.3) is 0 Å². The molecule has 1 aromatic heterocycles. The molecule has 2 rings (SSSR count). The summed E-state index contributed by atoms with van der Waals surface area (Å²) in [5, 5.41) is 15.1. The number of hydrogen-bond acceptors (Lipinski definition) is 3. The minimum Gasteiger partial charge on any atom is -0.393 e. The number of rotatable bonds is 4. The van der Waals surface area contributed by atoms with E-state index in [-0.39, 0.29) is 6.10 Å². The molecule has 2 N–H and O–H groups in total. The SMILES string of the molecule is CC(NCC1CCC(O)C1)c1csc(Cl)c1. The number of aliphatic hydroxyl groups excluding tert-OH is 1. The van der Waals surface area contributed by atoms with Crippen LogP contribution in [0, 0.1) is 5.92 Å². The average Bonchev–Trinajstić information content (AvgIpc) is 2.84. The van der Waals surface area contributed by atoms with E-state index in [0.29, 0.717) is 12.0 Å². The third-order valence-electron chi connectivity index (χ3n) is 3.31. The van der Waals surface area contributed by atoms with Gasteiger partial charge in [-0.3, -0.25) is 0 Å². The van der Waals surface area contributed by atoms with Gasteiger partial charge in [-0.2, -0.15) is 0 Å². The molecular formula is C12H18ClNOS. The van der Waals surface area contributed by atoms with E-state index >= 15 is 0 Å². The fourth-order valence-corrected chi connectivity index (χ4v) is 3.23. The maximum Gasteiger partial charge on any atom is 0.0931 e. The molecule has 16 heavy (non-hydrogen) atoms. The summed E-state index contributed by atoms with van der Waals surface area (Å²) in [4.78, 5) is 0. The Kier molecular flexibility index (Phi) is 4.25. The van der Waals surface area contributed by atoms with E-state index < -0.39 is 0 Å². The van der Waals surface area contributed by atoms with Crippen molar-refractivity contribution < 1.29 is 5.11 Å². The van der Waals surface area contributed by atoms with Gasteiger partial charge in [-0.15, -0.1) is 11.3 Å². The average molecular weight is 260 g/mol. The summed E-state index contributed by atoms with van der Waals surface area (Å²) < 4.78 is 0.847. The van der Waals surface area contributed by atoms with Gasteiger partial charge in [-0.1, -0.05) is 11.6 Å². The highest BCUT2D eigenvalue weighted by molar-refractivity contribution is 7.14. The summed E-state index contributed by atoms with van der Waals surface area (Å²) in [6.45, 7) is 3.15. The van der Waals surface area contributed by atoms with E-state index in [9.17, 15) is 5.11 Å². The first-order chi connectivity index (χ1) is 7.65. The molecule has 0 saturated heterocycles. The molecule has 3 atom stereocenters. The molecule has 0 aromatic carbocycles. The van der Waals surface area contributed by atoms with Gasteiger partial charge >= 0.3 is 0 Å². The van der Waals surface area contributed by atoms with Crippen molar-refractivity contribution in [3.63, 3.8) is 0 Å². The highest BCUT2D eigenvalue weighted by Crippen LogP contribution is 2.27. The standard InChI is InChI=1S/C12H18ClNOS/c1-8(10-5-12(13)16-7-10)14-6-9-2-3-11(15)4-9/h5,7-9,11,14-15H,2-4,6H2,1H3. The Morgan fingerprint density at radius 2 is 2.44 bits per heavy atom. The zero-order chi connectivity index (χ0) is 11.5. The Morgan fingerprint density at radius 1 is 1.62 bits per heavy atom. The van der Waals surface area contributed by atoms with Gasteiger partial charge in [-0.25, -0.2) is 0 Å². The Balaban J connectivity index is 1.77. The van der Waals surface area contributed by atoms with Crippen LogP contribution in [0.4, 0.5) is 0 Å². The monoisotopic (exact) mass is 259 g/mol. The molecule has 1 fully saturated rings. The molecular weight excluding hydrogens is 242 g/mol. The number of halogens is 1. The molecule has 3 unspecified atom stereocenters. The van der Waals surface area contributed by atoms with Crippen LogP contribution < -0.4 is 5.32 Å². The minimum absolute atomic E-state index is 0.0716. The van der Waals surface area contributed by atoms with Crippen molar-refractivity contribution in [2.24, 2.45) is 5.92 Å². The molecule has 4 heteroatoms. The third kappa shape index (κ3) is 3.20. The lowest BCUT2D eigenvalue weighted by molar-refractivity contribution is 0.177. The largest absolute Gasteiger partial charge is 0.393 e. The van der Waals surface area contributed by atoms with Crippen LogP contribution in [0.15, 0.2) is 11.4 Å². The zero-order valence-electron chi connectivity index (χ0n) is 9.45. The molecule has 0 spiro atoms. The molecule has 0 bridgehead atoms. The topological polar surface area (TPSA) is 32.3 Å². The second-order valence-corrected chi connectivity index (χ2v) is 6.19. The lowest BCUT2D eigenvalue weighted by atomic mass is 10.1. The van der Waals surface area contributed by atoms with E-state index in [2.05, 4.69) is 17.6 Å². The lowest BCUT2D eigenvalue weighted by Crippen LogP contribution is -2.24. The molecule has 0 amide bonds. The van der Waals surface area contributed by atoms with Crippen molar-refractivity contribution >= 4 is 22.9 Å². The first-order valence-corrected chi connectivity index (χ1v) is 7.06. The number of nitrogens with one attached hydrogen (secondary N) is 1. The first-order valence-electron chi connectivity index (χ1n) is 5.80. The second kappa shape index (κ2) is 5.50. The van der Waals surface area contributed by atoms with Crippen molar-refractivity contribution in [2.45, 2.75) is 38.3 Å². The minimum atomic E-state index is -0.0716. The van der Waals surface area contributed by atoms with E-state index in [1.54, 1.807) is 11.3 Å². The Hall–Kier alpha value is -0.0900. The molecule has 1 aliphatic carbocycles. The fourth-order valence-electron chi connectivity index (χ4n) is 2.25. The maximum atomic E-state index is 9.44. The lowest BCUT2D eigenvalue weighted by Gasteiger charge is -2.16. The van der Waals surface area contributed by atoms with Gasteiger partial charge < -0.3 is 10.4 Å². The third-order valence-corrected chi connectivity index (χ3v) is 4.42. The van der Waals surface area contributed by atoms with Crippen molar-refractivity contribution in [1.29, 1.82) is 0 Å². The van der Waals surface area contributed by atoms with Crippen LogP contribution in [-0.4, -0.2) is 17.8 Å². The first kappa shape index (κ1) is 12.4. The van der Waals surface area contributed by atoms with E-state index in [0.717, 1.165) is 30.1 Å². The number of thiophene rings is 1. The molecule has 0 aliphatic heterocycles. The Morgan fingerprint density at radius 3 is 3.00 bits per heavy atom. The van der Waals surface area contributed by atoms with Gasteiger partial charge in [0.15, 0.2) is 0 Å². The van der Waals surface area contributed by atoms with E-state index in [1.165, 1.54) is 5.56 Å². The van der Waals surface area contributed by atoms with Crippen molar-refractivity contribution in [1.82, 2.24) is 5.32 Å². The van der Waals surface area contributed by atoms with Gasteiger partial charge in [0.05, 0.1) is 10.4 Å². The quantitative estimate of drug-likeness (QED) is 0.870. The second-order valence-electron chi connectivity index (χ2n) is 4.65. The Labute approximate surface area is 106 Å². The molecule has 1 aromatic rings. The van der Waals surface area contributed by atoms with Gasteiger partial charge in [-0.05, 0) is 55.7 Å². The van der Waals surface area contributed by atoms with Crippen LogP contribution in [0.3, 0.4) is 0 Å². The van der Waals surface area contributed by atoms with Crippen LogP contribution in [-0.2, 0) is 0 Å². The predicted octanol–water partition coefficient (Wildman–Crippen LogP) is 3.21. The molecule has 1 saturated carbocycles. The van der Waals surface area contributed by atoms with Gasteiger partial charge in [0.2, 0.25) is 0 Å². The smallest absolute Gasteiger partial charge is 0.0931 e. The molecule has 2 nitrogen and oxygen atoms in total. The normalized spacial score (nSPS) is 27.2. The number of aliphatic hydroxyl groups is 1. The fraction of sp³-hybridized carbons (Fsp3) is 0.667. The van der Waals surface area contributed by atoms with Crippen molar-refractivity contribution in [2.75, 3.05) is 6.54 Å². The summed E-state index contributed by atoms with van der Waals surface area (Å²) in [5.74, 6) is 0.631. The number of hydrogen-bond donors (Lipinski definition) is 2. The Bertz CT molecular complexity index is 342. The summed E-state index contributed by atoms with van der Waals surface area (Å²) >= 11 is 7.49. The van der Waals surface area contributed by atoms with Gasteiger partial charge in [0.1, 0.15) is 0 Å². The highest BCUT2D eigenvalue weighted by atomic mass is 35.5. The van der Waals surface area contributed by atoms with Gasteiger partial charge in [0, 0.05) is 6.04 Å².